The zero-order valence-corrected chi connectivity index (χ0v) is 10.6. The fourth-order valence-electron chi connectivity index (χ4n) is 2.04. The normalized spacial score (nSPS) is 24.0. The van der Waals surface area contributed by atoms with Crippen molar-refractivity contribution in [3.8, 4) is 0 Å². The maximum Gasteiger partial charge on any atom is 0.246 e. The minimum Gasteiger partial charge on any atom is -0.343 e. The SMILES string of the molecule is CCC1NC(=O)C(C)N(Cc2ccccn2)C1=O. The Bertz CT molecular complexity index is 447. The molecule has 2 rings (SSSR count). The Morgan fingerprint density at radius 1 is 1.39 bits per heavy atom. The Kier molecular flexibility index (Phi) is 3.60. The Morgan fingerprint density at radius 3 is 2.78 bits per heavy atom. The molecule has 1 aliphatic heterocycles. The summed E-state index contributed by atoms with van der Waals surface area (Å²) in [4.78, 5) is 29.8. The predicted octanol–water partition coefficient (Wildman–Crippen LogP) is 0.707. The molecule has 0 spiro atoms. The fourth-order valence-corrected chi connectivity index (χ4v) is 2.04. The van der Waals surface area contributed by atoms with Crippen LogP contribution in [-0.2, 0) is 16.1 Å². The molecular formula is C13H17N3O2. The number of pyridine rings is 1. The third kappa shape index (κ3) is 2.34. The van der Waals surface area contributed by atoms with Gasteiger partial charge in [-0.25, -0.2) is 0 Å². The fraction of sp³-hybridized carbons (Fsp3) is 0.462. The molecule has 5 nitrogen and oxygen atoms in total. The van der Waals surface area contributed by atoms with Gasteiger partial charge in [0.25, 0.3) is 0 Å². The highest BCUT2D eigenvalue weighted by Crippen LogP contribution is 2.14. The summed E-state index contributed by atoms with van der Waals surface area (Å²) in [5.74, 6) is -0.132. The molecule has 0 aliphatic carbocycles. The average molecular weight is 247 g/mol. The highest BCUT2D eigenvalue weighted by atomic mass is 16.2. The molecule has 1 aliphatic rings. The van der Waals surface area contributed by atoms with Crippen LogP contribution in [-0.4, -0.2) is 33.8 Å². The number of carbonyl (C=O) groups excluding carboxylic acids is 2. The van der Waals surface area contributed by atoms with Crippen molar-refractivity contribution in [2.75, 3.05) is 0 Å². The second kappa shape index (κ2) is 5.16. The van der Waals surface area contributed by atoms with Crippen molar-refractivity contribution in [1.29, 1.82) is 0 Å². The van der Waals surface area contributed by atoms with E-state index in [1.165, 1.54) is 0 Å². The number of hydrogen-bond acceptors (Lipinski definition) is 3. The second-order valence-electron chi connectivity index (χ2n) is 4.43. The Morgan fingerprint density at radius 2 is 2.17 bits per heavy atom. The lowest BCUT2D eigenvalue weighted by molar-refractivity contribution is -0.149. The number of amides is 2. The number of nitrogens with one attached hydrogen (secondary N) is 1. The van der Waals surface area contributed by atoms with Crippen molar-refractivity contribution in [3.05, 3.63) is 30.1 Å². The lowest BCUT2D eigenvalue weighted by Crippen LogP contribution is -2.61. The summed E-state index contributed by atoms with van der Waals surface area (Å²) in [7, 11) is 0. The van der Waals surface area contributed by atoms with Crippen molar-refractivity contribution in [1.82, 2.24) is 15.2 Å². The lowest BCUT2D eigenvalue weighted by atomic mass is 10.1. The van der Waals surface area contributed by atoms with Crippen molar-refractivity contribution < 1.29 is 9.59 Å². The largest absolute Gasteiger partial charge is 0.343 e. The average Bonchev–Trinajstić information content (AvgIpc) is 2.40. The molecule has 1 saturated heterocycles. The van der Waals surface area contributed by atoms with Crippen molar-refractivity contribution >= 4 is 11.8 Å². The zero-order valence-electron chi connectivity index (χ0n) is 10.6. The van der Waals surface area contributed by atoms with E-state index in [1.54, 1.807) is 18.0 Å². The number of aromatic nitrogens is 1. The van der Waals surface area contributed by atoms with Crippen LogP contribution in [0.1, 0.15) is 26.0 Å². The van der Waals surface area contributed by atoms with Crippen LogP contribution in [0.15, 0.2) is 24.4 Å². The molecule has 0 saturated carbocycles. The third-order valence-electron chi connectivity index (χ3n) is 3.21. The quantitative estimate of drug-likeness (QED) is 0.855. The monoisotopic (exact) mass is 247 g/mol. The maximum atomic E-state index is 12.2. The topological polar surface area (TPSA) is 62.3 Å². The van der Waals surface area contributed by atoms with Crippen molar-refractivity contribution in [2.45, 2.75) is 38.9 Å². The van der Waals surface area contributed by atoms with E-state index >= 15 is 0 Å². The molecule has 5 heteroatoms. The molecular weight excluding hydrogens is 230 g/mol. The van der Waals surface area contributed by atoms with Gasteiger partial charge in [-0.1, -0.05) is 13.0 Å². The third-order valence-corrected chi connectivity index (χ3v) is 3.21. The van der Waals surface area contributed by atoms with E-state index in [0.29, 0.717) is 13.0 Å². The Balaban J connectivity index is 2.18. The van der Waals surface area contributed by atoms with Crippen LogP contribution in [0.2, 0.25) is 0 Å². The van der Waals surface area contributed by atoms with Gasteiger partial charge in [-0.2, -0.15) is 0 Å². The number of carbonyl (C=O) groups is 2. The van der Waals surface area contributed by atoms with Gasteiger partial charge in [0.15, 0.2) is 0 Å². The zero-order chi connectivity index (χ0) is 13.1. The summed E-state index contributed by atoms with van der Waals surface area (Å²) in [6.45, 7) is 4.00. The number of rotatable bonds is 3. The van der Waals surface area contributed by atoms with Gasteiger partial charge in [0.2, 0.25) is 11.8 Å². The summed E-state index contributed by atoms with van der Waals surface area (Å²) >= 11 is 0. The molecule has 0 radical (unpaired) electrons. The molecule has 1 N–H and O–H groups in total. The van der Waals surface area contributed by atoms with Crippen LogP contribution >= 0.6 is 0 Å². The summed E-state index contributed by atoms with van der Waals surface area (Å²) in [6.07, 6.45) is 2.29. The molecule has 1 fully saturated rings. The molecule has 2 unspecified atom stereocenters. The lowest BCUT2D eigenvalue weighted by Gasteiger charge is -2.36. The molecule has 1 aromatic rings. The van der Waals surface area contributed by atoms with E-state index in [0.717, 1.165) is 5.69 Å². The molecule has 18 heavy (non-hydrogen) atoms. The molecule has 1 aromatic heterocycles. The maximum absolute atomic E-state index is 12.2. The van der Waals surface area contributed by atoms with Gasteiger partial charge in [0.05, 0.1) is 12.2 Å². The van der Waals surface area contributed by atoms with Gasteiger partial charge in [-0.05, 0) is 25.5 Å². The smallest absolute Gasteiger partial charge is 0.246 e. The first-order chi connectivity index (χ1) is 8.63. The number of hydrogen-bond donors (Lipinski definition) is 1. The van der Waals surface area contributed by atoms with Crippen LogP contribution in [0.25, 0.3) is 0 Å². The van der Waals surface area contributed by atoms with E-state index in [9.17, 15) is 9.59 Å². The molecule has 2 amide bonds. The summed E-state index contributed by atoms with van der Waals surface area (Å²) < 4.78 is 0. The van der Waals surface area contributed by atoms with Gasteiger partial charge >= 0.3 is 0 Å². The Hall–Kier alpha value is -1.91. The van der Waals surface area contributed by atoms with E-state index in [1.807, 2.05) is 25.1 Å². The van der Waals surface area contributed by atoms with E-state index in [2.05, 4.69) is 10.3 Å². The standard InChI is InChI=1S/C13H17N3O2/c1-3-11-13(18)16(9(2)12(17)15-11)8-10-6-4-5-7-14-10/h4-7,9,11H,3,8H2,1-2H3,(H,15,17). The molecule has 0 aromatic carbocycles. The van der Waals surface area contributed by atoms with Crippen LogP contribution in [0.5, 0.6) is 0 Å². The summed E-state index contributed by atoms with van der Waals surface area (Å²) in [6, 6.07) is 4.71. The second-order valence-corrected chi connectivity index (χ2v) is 4.43. The Labute approximate surface area is 106 Å². The van der Waals surface area contributed by atoms with E-state index in [-0.39, 0.29) is 11.8 Å². The van der Waals surface area contributed by atoms with Gasteiger partial charge in [0.1, 0.15) is 12.1 Å². The van der Waals surface area contributed by atoms with Gasteiger partial charge in [-0.3, -0.25) is 14.6 Å². The first-order valence-corrected chi connectivity index (χ1v) is 6.14. The van der Waals surface area contributed by atoms with Crippen LogP contribution in [0, 0.1) is 0 Å². The predicted molar refractivity (Wildman–Crippen MR) is 66.5 cm³/mol. The number of nitrogens with zero attached hydrogens (tertiary/aromatic N) is 2. The minimum atomic E-state index is -0.442. The highest BCUT2D eigenvalue weighted by molar-refractivity contribution is 5.96. The minimum absolute atomic E-state index is 0.0322. The van der Waals surface area contributed by atoms with Crippen molar-refractivity contribution in [2.24, 2.45) is 0 Å². The molecule has 0 bridgehead atoms. The first kappa shape index (κ1) is 12.5. The molecule has 2 atom stereocenters. The van der Waals surface area contributed by atoms with Crippen LogP contribution < -0.4 is 5.32 Å². The van der Waals surface area contributed by atoms with Gasteiger partial charge < -0.3 is 10.2 Å². The van der Waals surface area contributed by atoms with E-state index < -0.39 is 12.1 Å². The van der Waals surface area contributed by atoms with Gasteiger partial charge in [-0.15, -0.1) is 0 Å². The highest BCUT2D eigenvalue weighted by Gasteiger charge is 2.37. The van der Waals surface area contributed by atoms with E-state index in [4.69, 9.17) is 0 Å². The van der Waals surface area contributed by atoms with Crippen molar-refractivity contribution in [3.63, 3.8) is 0 Å². The van der Waals surface area contributed by atoms with Crippen LogP contribution in [0.3, 0.4) is 0 Å². The summed E-state index contributed by atoms with van der Waals surface area (Å²) in [5.41, 5.74) is 0.794. The molecule has 2 heterocycles. The molecule has 96 valence electrons. The first-order valence-electron chi connectivity index (χ1n) is 6.14. The number of piperazine rings is 1. The van der Waals surface area contributed by atoms with Crippen LogP contribution in [0.4, 0.5) is 0 Å². The van der Waals surface area contributed by atoms with Gasteiger partial charge in [0, 0.05) is 6.20 Å². The summed E-state index contributed by atoms with van der Waals surface area (Å²) in [5, 5.41) is 2.73.